The van der Waals surface area contributed by atoms with Crippen molar-refractivity contribution in [1.82, 2.24) is 10.2 Å². The van der Waals surface area contributed by atoms with E-state index in [1.54, 1.807) is 12.1 Å². The van der Waals surface area contributed by atoms with Crippen LogP contribution in [0.2, 0.25) is 0 Å². The number of carbonyl (C=O) groups excluding carboxylic acids is 2. The summed E-state index contributed by atoms with van der Waals surface area (Å²) >= 11 is 0. The minimum absolute atomic E-state index is 0.158. The van der Waals surface area contributed by atoms with Crippen LogP contribution in [0.1, 0.15) is 35.7 Å². The van der Waals surface area contributed by atoms with Gasteiger partial charge in [-0.1, -0.05) is 12.1 Å². The quantitative estimate of drug-likeness (QED) is 0.760. The Morgan fingerprint density at radius 3 is 2.56 bits per heavy atom. The van der Waals surface area contributed by atoms with Gasteiger partial charge < -0.3 is 14.8 Å². The predicted molar refractivity (Wildman–Crippen MR) is 93.1 cm³/mol. The van der Waals surface area contributed by atoms with Crippen LogP contribution in [0.15, 0.2) is 24.3 Å². The van der Waals surface area contributed by atoms with Crippen LogP contribution in [-0.4, -0.2) is 55.7 Å². The lowest BCUT2D eigenvalue weighted by molar-refractivity contribution is -0.124. The summed E-state index contributed by atoms with van der Waals surface area (Å²) in [6, 6.07) is 7.53. The zero-order valence-electron chi connectivity index (χ0n) is 14.7. The lowest BCUT2D eigenvalue weighted by Crippen LogP contribution is -2.37. The Labute approximate surface area is 148 Å². The third kappa shape index (κ3) is 5.54. The lowest BCUT2D eigenvalue weighted by atomic mass is 10.1. The molecule has 1 saturated heterocycles. The minimum atomic E-state index is -0.466. The van der Waals surface area contributed by atoms with Crippen LogP contribution < -0.4 is 5.32 Å². The first-order chi connectivity index (χ1) is 12.1. The number of hydrogen-bond donors (Lipinski definition) is 1. The van der Waals surface area contributed by atoms with Crippen LogP contribution in [0.5, 0.6) is 0 Å². The molecule has 1 amide bonds. The van der Waals surface area contributed by atoms with E-state index in [1.165, 1.54) is 0 Å². The third-order valence-corrected chi connectivity index (χ3v) is 4.75. The molecule has 1 saturated carbocycles. The van der Waals surface area contributed by atoms with Crippen LogP contribution in [0.25, 0.3) is 0 Å². The van der Waals surface area contributed by atoms with Gasteiger partial charge in [-0.25, -0.2) is 4.79 Å². The second-order valence-electron chi connectivity index (χ2n) is 6.86. The highest BCUT2D eigenvalue weighted by Gasteiger charge is 2.29. The summed E-state index contributed by atoms with van der Waals surface area (Å²) in [5, 5.41) is 2.87. The molecule has 2 aliphatic rings. The second kappa shape index (κ2) is 8.45. The zero-order valence-corrected chi connectivity index (χ0v) is 14.7. The van der Waals surface area contributed by atoms with E-state index in [2.05, 4.69) is 10.2 Å². The number of nitrogens with zero attached hydrogens (tertiary/aromatic N) is 1. The van der Waals surface area contributed by atoms with E-state index in [-0.39, 0.29) is 18.6 Å². The van der Waals surface area contributed by atoms with Crippen LogP contribution in [0, 0.1) is 5.92 Å². The van der Waals surface area contributed by atoms with Crippen molar-refractivity contribution in [2.24, 2.45) is 5.92 Å². The SMILES string of the molecule is C[C@H](NC(=O)COC(=O)c1ccc(CN2CCOCC2)cc1)C1CC1. The fourth-order valence-corrected chi connectivity index (χ4v) is 2.99. The molecular weight excluding hydrogens is 320 g/mol. The van der Waals surface area contributed by atoms with E-state index in [9.17, 15) is 9.59 Å². The van der Waals surface area contributed by atoms with Gasteiger partial charge >= 0.3 is 5.97 Å². The molecule has 6 nitrogen and oxygen atoms in total. The summed E-state index contributed by atoms with van der Waals surface area (Å²) in [6.07, 6.45) is 2.33. The number of benzene rings is 1. The van der Waals surface area contributed by atoms with Crippen molar-refractivity contribution >= 4 is 11.9 Å². The minimum Gasteiger partial charge on any atom is -0.452 e. The molecule has 0 aromatic heterocycles. The molecule has 0 bridgehead atoms. The van der Waals surface area contributed by atoms with Crippen LogP contribution >= 0.6 is 0 Å². The smallest absolute Gasteiger partial charge is 0.338 e. The Morgan fingerprint density at radius 2 is 1.92 bits per heavy atom. The van der Waals surface area contributed by atoms with Gasteiger partial charge in [0.1, 0.15) is 0 Å². The van der Waals surface area contributed by atoms with Gasteiger partial charge in [0.25, 0.3) is 5.91 Å². The van der Waals surface area contributed by atoms with Crippen molar-refractivity contribution in [3.63, 3.8) is 0 Å². The number of ether oxygens (including phenoxy) is 2. The molecule has 1 atom stereocenters. The summed E-state index contributed by atoms with van der Waals surface area (Å²) < 4.78 is 10.4. The topological polar surface area (TPSA) is 67.9 Å². The number of hydrogen-bond acceptors (Lipinski definition) is 5. The average molecular weight is 346 g/mol. The maximum atomic E-state index is 12.1. The Balaban J connectivity index is 1.42. The number of nitrogens with one attached hydrogen (secondary N) is 1. The summed E-state index contributed by atoms with van der Waals surface area (Å²) in [5.74, 6) is -0.123. The number of amides is 1. The Hall–Kier alpha value is -1.92. The molecule has 0 radical (unpaired) electrons. The lowest BCUT2D eigenvalue weighted by Gasteiger charge is -2.26. The summed E-state index contributed by atoms with van der Waals surface area (Å²) in [4.78, 5) is 26.2. The fraction of sp³-hybridized carbons (Fsp3) is 0.579. The molecule has 6 heteroatoms. The van der Waals surface area contributed by atoms with Crippen LogP contribution in [-0.2, 0) is 20.8 Å². The molecular formula is C19H26N2O4. The van der Waals surface area contributed by atoms with Gasteiger partial charge in [-0.15, -0.1) is 0 Å². The fourth-order valence-electron chi connectivity index (χ4n) is 2.99. The average Bonchev–Trinajstić information content (AvgIpc) is 3.46. The number of morpholine rings is 1. The van der Waals surface area contributed by atoms with Crippen LogP contribution in [0.4, 0.5) is 0 Å². The maximum absolute atomic E-state index is 12.1. The Morgan fingerprint density at radius 1 is 1.24 bits per heavy atom. The van der Waals surface area contributed by atoms with E-state index in [4.69, 9.17) is 9.47 Å². The maximum Gasteiger partial charge on any atom is 0.338 e. The highest BCUT2D eigenvalue weighted by atomic mass is 16.5. The Bertz CT molecular complexity index is 592. The Kier molecular flexibility index (Phi) is 6.04. The van der Waals surface area contributed by atoms with Gasteiger partial charge in [-0.3, -0.25) is 9.69 Å². The van der Waals surface area contributed by atoms with Crippen molar-refractivity contribution in [2.45, 2.75) is 32.4 Å². The van der Waals surface area contributed by atoms with Gasteiger partial charge in [0.05, 0.1) is 18.8 Å². The van der Waals surface area contributed by atoms with Gasteiger partial charge in [0.2, 0.25) is 0 Å². The van der Waals surface area contributed by atoms with E-state index in [1.807, 2.05) is 19.1 Å². The predicted octanol–water partition coefficient (Wildman–Crippen LogP) is 1.59. The summed E-state index contributed by atoms with van der Waals surface area (Å²) in [6.45, 7) is 6.00. The van der Waals surface area contributed by atoms with Gasteiger partial charge in [0.15, 0.2) is 6.61 Å². The molecule has 0 unspecified atom stereocenters. The van der Waals surface area contributed by atoms with E-state index < -0.39 is 5.97 Å². The van der Waals surface area contributed by atoms with Crippen molar-refractivity contribution in [3.8, 4) is 0 Å². The first-order valence-electron chi connectivity index (χ1n) is 8.97. The van der Waals surface area contributed by atoms with Gasteiger partial charge in [-0.05, 0) is 43.4 Å². The van der Waals surface area contributed by atoms with Crippen molar-refractivity contribution < 1.29 is 19.1 Å². The largest absolute Gasteiger partial charge is 0.452 e. The van der Waals surface area contributed by atoms with Gasteiger partial charge in [-0.2, -0.15) is 0 Å². The molecule has 1 aromatic rings. The number of esters is 1. The highest BCUT2D eigenvalue weighted by molar-refractivity contribution is 5.91. The van der Waals surface area contributed by atoms with E-state index in [0.717, 1.165) is 51.3 Å². The molecule has 2 fully saturated rings. The van der Waals surface area contributed by atoms with Crippen molar-refractivity contribution in [2.75, 3.05) is 32.9 Å². The molecule has 1 aromatic carbocycles. The molecule has 1 aliphatic carbocycles. The molecule has 0 spiro atoms. The van der Waals surface area contributed by atoms with Crippen LogP contribution in [0.3, 0.4) is 0 Å². The first-order valence-corrected chi connectivity index (χ1v) is 8.97. The normalized spacial score (nSPS) is 19.2. The molecule has 1 heterocycles. The standard InChI is InChI=1S/C19H26N2O4/c1-14(16-6-7-16)20-18(22)13-25-19(23)17-4-2-15(3-5-17)12-21-8-10-24-11-9-21/h2-5,14,16H,6-13H2,1H3,(H,20,22)/t14-/m0/s1. The second-order valence-corrected chi connectivity index (χ2v) is 6.86. The molecule has 1 N–H and O–H groups in total. The molecule has 136 valence electrons. The summed E-state index contributed by atoms with van der Waals surface area (Å²) in [5.41, 5.74) is 1.61. The third-order valence-electron chi connectivity index (χ3n) is 4.75. The number of rotatable bonds is 7. The van der Waals surface area contributed by atoms with Crippen molar-refractivity contribution in [3.05, 3.63) is 35.4 Å². The molecule has 1 aliphatic heterocycles. The molecule has 25 heavy (non-hydrogen) atoms. The van der Waals surface area contributed by atoms with Gasteiger partial charge in [0, 0.05) is 25.7 Å². The first kappa shape index (κ1) is 17.9. The van der Waals surface area contributed by atoms with E-state index in [0.29, 0.717) is 11.5 Å². The number of carbonyl (C=O) groups is 2. The van der Waals surface area contributed by atoms with E-state index >= 15 is 0 Å². The zero-order chi connectivity index (χ0) is 17.6. The highest BCUT2D eigenvalue weighted by Crippen LogP contribution is 2.32. The molecule has 3 rings (SSSR count). The van der Waals surface area contributed by atoms with Crippen molar-refractivity contribution in [1.29, 1.82) is 0 Å². The summed E-state index contributed by atoms with van der Waals surface area (Å²) in [7, 11) is 0. The monoisotopic (exact) mass is 346 g/mol.